The molecule has 0 aliphatic rings. The van der Waals surface area contributed by atoms with E-state index in [1.807, 2.05) is 18.3 Å². The highest BCUT2D eigenvalue weighted by Crippen LogP contribution is 2.23. The molecule has 2 aromatic rings. The molecule has 0 unspecified atom stereocenters. The van der Waals surface area contributed by atoms with Crippen LogP contribution in [0.25, 0.3) is 0 Å². The summed E-state index contributed by atoms with van der Waals surface area (Å²) < 4.78 is 0. The Kier molecular flexibility index (Phi) is 6.63. The molecule has 0 aliphatic carbocycles. The van der Waals surface area contributed by atoms with Crippen molar-refractivity contribution in [2.24, 2.45) is 4.99 Å². The zero-order chi connectivity index (χ0) is 17.6. The molecule has 1 heterocycles. The lowest BCUT2D eigenvalue weighted by molar-refractivity contribution is 0.508. The molecule has 1 aromatic carbocycles. The summed E-state index contributed by atoms with van der Waals surface area (Å²) >= 11 is 7.71. The largest absolute Gasteiger partial charge is 0.356 e. The van der Waals surface area contributed by atoms with Crippen molar-refractivity contribution in [1.82, 2.24) is 15.6 Å². The number of hydrogen-bond donors (Lipinski definition) is 2. The van der Waals surface area contributed by atoms with Gasteiger partial charge in [-0.3, -0.25) is 4.99 Å². The van der Waals surface area contributed by atoms with Gasteiger partial charge in [-0.05, 0) is 24.6 Å². The van der Waals surface area contributed by atoms with Crippen molar-refractivity contribution in [3.05, 3.63) is 50.9 Å². The van der Waals surface area contributed by atoms with Gasteiger partial charge in [-0.2, -0.15) is 0 Å². The van der Waals surface area contributed by atoms with Crippen LogP contribution < -0.4 is 10.6 Å². The summed E-state index contributed by atoms with van der Waals surface area (Å²) in [6, 6.07) is 8.01. The third-order valence-electron chi connectivity index (χ3n) is 3.85. The molecule has 0 fully saturated rings. The average molecular weight is 365 g/mol. The van der Waals surface area contributed by atoms with Crippen molar-refractivity contribution in [2.75, 3.05) is 20.1 Å². The van der Waals surface area contributed by atoms with Crippen LogP contribution >= 0.6 is 22.9 Å². The van der Waals surface area contributed by atoms with Crippen molar-refractivity contribution < 1.29 is 0 Å². The Morgan fingerprint density at radius 2 is 1.96 bits per heavy atom. The second-order valence-electron chi connectivity index (χ2n) is 6.36. The highest BCUT2D eigenvalue weighted by Gasteiger charge is 2.20. The number of thiazole rings is 1. The lowest BCUT2D eigenvalue weighted by Gasteiger charge is -2.27. The summed E-state index contributed by atoms with van der Waals surface area (Å²) in [5.41, 5.74) is 1.22. The number of guanidine groups is 1. The predicted molar refractivity (Wildman–Crippen MR) is 104 cm³/mol. The van der Waals surface area contributed by atoms with E-state index in [1.165, 1.54) is 10.4 Å². The Morgan fingerprint density at radius 1 is 1.25 bits per heavy atom. The van der Waals surface area contributed by atoms with Crippen LogP contribution in [0, 0.1) is 6.92 Å². The van der Waals surface area contributed by atoms with Crippen LogP contribution in [-0.2, 0) is 11.8 Å². The number of aliphatic imine (C=N–C) groups is 1. The fraction of sp³-hybridized carbons (Fsp3) is 0.444. The number of aromatic nitrogens is 1. The Hall–Kier alpha value is -1.59. The Balaban J connectivity index is 1.82. The van der Waals surface area contributed by atoms with Gasteiger partial charge in [-0.25, -0.2) is 4.98 Å². The summed E-state index contributed by atoms with van der Waals surface area (Å²) in [7, 11) is 1.79. The highest BCUT2D eigenvalue weighted by atomic mass is 35.5. The maximum atomic E-state index is 5.97. The second kappa shape index (κ2) is 8.49. The first-order chi connectivity index (χ1) is 11.4. The number of benzene rings is 1. The first-order valence-electron chi connectivity index (χ1n) is 8.02. The third kappa shape index (κ3) is 5.49. The van der Waals surface area contributed by atoms with Gasteiger partial charge in [-0.1, -0.05) is 37.6 Å². The third-order valence-corrected chi connectivity index (χ3v) is 5.07. The van der Waals surface area contributed by atoms with E-state index in [0.29, 0.717) is 0 Å². The van der Waals surface area contributed by atoms with Gasteiger partial charge in [0.05, 0.1) is 5.01 Å². The molecular formula is C18H25ClN4S. The van der Waals surface area contributed by atoms with Crippen molar-refractivity contribution in [2.45, 2.75) is 32.6 Å². The minimum atomic E-state index is -0.0192. The quantitative estimate of drug-likeness (QED) is 0.605. The number of aryl methyl sites for hydroxylation is 1. The van der Waals surface area contributed by atoms with Crippen LogP contribution in [0.3, 0.4) is 0 Å². The average Bonchev–Trinajstić information content (AvgIpc) is 2.96. The van der Waals surface area contributed by atoms with Crippen molar-refractivity contribution in [3.63, 3.8) is 0 Å². The van der Waals surface area contributed by atoms with Gasteiger partial charge in [0.1, 0.15) is 0 Å². The Morgan fingerprint density at radius 3 is 2.54 bits per heavy atom. The molecule has 0 aliphatic heterocycles. The minimum absolute atomic E-state index is 0.0192. The van der Waals surface area contributed by atoms with Gasteiger partial charge in [0.25, 0.3) is 0 Å². The lowest BCUT2D eigenvalue weighted by atomic mass is 9.85. The van der Waals surface area contributed by atoms with Gasteiger partial charge in [-0.15, -0.1) is 11.3 Å². The lowest BCUT2D eigenvalue weighted by Crippen LogP contribution is -2.44. The van der Waals surface area contributed by atoms with Gasteiger partial charge >= 0.3 is 0 Å². The van der Waals surface area contributed by atoms with Crippen LogP contribution in [0.5, 0.6) is 0 Å². The van der Waals surface area contributed by atoms with Gasteiger partial charge in [0.15, 0.2) is 5.96 Å². The van der Waals surface area contributed by atoms with E-state index in [1.54, 1.807) is 18.4 Å². The molecule has 1 aromatic heterocycles. The van der Waals surface area contributed by atoms with Gasteiger partial charge in [0, 0.05) is 48.1 Å². The first kappa shape index (κ1) is 18.7. The van der Waals surface area contributed by atoms with E-state index in [0.717, 1.165) is 35.5 Å². The molecule has 0 radical (unpaired) electrons. The van der Waals surface area contributed by atoms with Crippen molar-refractivity contribution in [1.29, 1.82) is 0 Å². The van der Waals surface area contributed by atoms with E-state index < -0.39 is 0 Å². The van der Waals surface area contributed by atoms with E-state index in [-0.39, 0.29) is 5.41 Å². The SMILES string of the molecule is CN=C(NCCc1ncc(C)s1)NCC(C)(C)c1ccc(Cl)cc1. The molecule has 0 saturated carbocycles. The fourth-order valence-electron chi connectivity index (χ4n) is 2.33. The fourth-order valence-corrected chi connectivity index (χ4v) is 3.25. The van der Waals surface area contributed by atoms with Crippen LogP contribution in [-0.4, -0.2) is 31.1 Å². The van der Waals surface area contributed by atoms with Crippen LogP contribution in [0.4, 0.5) is 0 Å². The molecule has 0 amide bonds. The molecule has 6 heteroatoms. The maximum Gasteiger partial charge on any atom is 0.191 e. The molecule has 24 heavy (non-hydrogen) atoms. The molecule has 2 N–H and O–H groups in total. The van der Waals surface area contributed by atoms with Crippen LogP contribution in [0.15, 0.2) is 35.5 Å². The van der Waals surface area contributed by atoms with E-state index >= 15 is 0 Å². The topological polar surface area (TPSA) is 49.3 Å². The summed E-state index contributed by atoms with van der Waals surface area (Å²) in [5, 5.41) is 8.66. The molecule has 0 spiro atoms. The predicted octanol–water partition coefficient (Wildman–Crippen LogP) is 3.79. The zero-order valence-corrected chi connectivity index (χ0v) is 16.3. The first-order valence-corrected chi connectivity index (χ1v) is 9.22. The Bertz CT molecular complexity index is 677. The molecule has 0 saturated heterocycles. The number of hydrogen-bond acceptors (Lipinski definition) is 3. The molecule has 0 bridgehead atoms. The maximum absolute atomic E-state index is 5.97. The smallest absolute Gasteiger partial charge is 0.191 e. The summed E-state index contributed by atoms with van der Waals surface area (Å²) in [6.45, 7) is 8.08. The van der Waals surface area contributed by atoms with Gasteiger partial charge in [0.2, 0.25) is 0 Å². The Labute approximate surface area is 153 Å². The van der Waals surface area contributed by atoms with Crippen LogP contribution in [0.2, 0.25) is 5.02 Å². The van der Waals surface area contributed by atoms with Crippen LogP contribution in [0.1, 0.15) is 29.3 Å². The van der Waals surface area contributed by atoms with E-state index in [4.69, 9.17) is 11.6 Å². The molecule has 2 rings (SSSR count). The van der Waals surface area contributed by atoms with E-state index in [2.05, 4.69) is 53.5 Å². The minimum Gasteiger partial charge on any atom is -0.356 e. The summed E-state index contributed by atoms with van der Waals surface area (Å²) in [4.78, 5) is 9.92. The monoisotopic (exact) mass is 364 g/mol. The molecule has 130 valence electrons. The molecule has 0 atom stereocenters. The number of nitrogens with zero attached hydrogens (tertiary/aromatic N) is 2. The van der Waals surface area contributed by atoms with Crippen molar-refractivity contribution >= 4 is 28.9 Å². The molecular weight excluding hydrogens is 340 g/mol. The standard InChI is InChI=1S/C18H25ClN4S/c1-13-11-22-16(24-13)9-10-21-17(20-4)23-12-18(2,3)14-5-7-15(19)8-6-14/h5-8,11H,9-10,12H2,1-4H3,(H2,20,21,23). The van der Waals surface area contributed by atoms with Crippen molar-refractivity contribution in [3.8, 4) is 0 Å². The molecule has 4 nitrogen and oxygen atoms in total. The normalized spacial score (nSPS) is 12.3. The van der Waals surface area contributed by atoms with E-state index in [9.17, 15) is 0 Å². The number of nitrogens with one attached hydrogen (secondary N) is 2. The summed E-state index contributed by atoms with van der Waals surface area (Å²) in [5.74, 6) is 0.810. The second-order valence-corrected chi connectivity index (χ2v) is 8.11. The number of halogens is 1. The highest BCUT2D eigenvalue weighted by molar-refractivity contribution is 7.11. The zero-order valence-electron chi connectivity index (χ0n) is 14.7. The summed E-state index contributed by atoms with van der Waals surface area (Å²) in [6.07, 6.45) is 2.82. The van der Waals surface area contributed by atoms with Gasteiger partial charge < -0.3 is 10.6 Å². The number of rotatable bonds is 6.